The molecule has 1 aliphatic heterocycles. The van der Waals surface area contributed by atoms with Gasteiger partial charge in [-0.25, -0.2) is 18.4 Å². The number of rotatable bonds is 4. The largest absolute Gasteiger partial charge is 0.325 e. The second-order valence-electron chi connectivity index (χ2n) is 7.04. The van der Waals surface area contributed by atoms with Gasteiger partial charge in [0.15, 0.2) is 0 Å². The molecule has 1 saturated heterocycles. The number of primary sulfonamides is 1. The van der Waals surface area contributed by atoms with E-state index in [0.717, 1.165) is 25.7 Å². The smallest absolute Gasteiger partial charge is 0.319 e. The Labute approximate surface area is 147 Å². The third kappa shape index (κ3) is 3.41. The number of hydrogen-bond donors (Lipinski definition) is 2. The topological polar surface area (TPSA) is 110 Å². The van der Waals surface area contributed by atoms with Crippen molar-refractivity contribution in [2.45, 2.75) is 49.5 Å². The Balaban J connectivity index is 1.81. The standard InChI is InChI=1S/C17H23N3O4S/c1-17(13-7-9-14(10-8-13)25(18,23)24)15(21)20(16(22)19-17)11-12-5-3-2-4-6-12/h7-10,12H,2-6,11H2,1H3,(H,19,22)(H2,18,23,24)/t17-/m0/s1. The van der Waals surface area contributed by atoms with Gasteiger partial charge in [0.2, 0.25) is 10.0 Å². The molecule has 1 aliphatic carbocycles. The van der Waals surface area contributed by atoms with Gasteiger partial charge >= 0.3 is 6.03 Å². The molecule has 1 aromatic rings. The van der Waals surface area contributed by atoms with Crippen molar-refractivity contribution in [1.29, 1.82) is 0 Å². The molecular weight excluding hydrogens is 342 g/mol. The number of urea groups is 1. The Kier molecular flexibility index (Phi) is 4.59. The first-order valence-electron chi connectivity index (χ1n) is 8.49. The normalized spacial score (nSPS) is 25.3. The molecule has 0 aromatic heterocycles. The van der Waals surface area contributed by atoms with Gasteiger partial charge in [-0.1, -0.05) is 31.4 Å². The van der Waals surface area contributed by atoms with Crippen LogP contribution in [0.2, 0.25) is 0 Å². The van der Waals surface area contributed by atoms with E-state index in [1.165, 1.54) is 35.6 Å². The van der Waals surface area contributed by atoms with Crippen LogP contribution in [0.4, 0.5) is 4.79 Å². The lowest BCUT2D eigenvalue weighted by atomic mass is 9.88. The SMILES string of the molecule is C[C@@]1(c2ccc(S(N)(=O)=O)cc2)NC(=O)N(CC2CCCCC2)C1=O. The second kappa shape index (κ2) is 6.42. The molecule has 8 heteroatoms. The van der Waals surface area contributed by atoms with Crippen molar-refractivity contribution in [2.24, 2.45) is 11.1 Å². The highest BCUT2D eigenvalue weighted by atomic mass is 32.2. The molecule has 0 spiro atoms. The summed E-state index contributed by atoms with van der Waals surface area (Å²) in [6, 6.07) is 5.33. The first-order valence-corrected chi connectivity index (χ1v) is 10.0. The van der Waals surface area contributed by atoms with Gasteiger partial charge in [0, 0.05) is 6.54 Å². The van der Waals surface area contributed by atoms with Gasteiger partial charge in [-0.05, 0) is 43.4 Å². The number of nitrogens with one attached hydrogen (secondary N) is 1. The molecule has 1 heterocycles. The third-order valence-electron chi connectivity index (χ3n) is 5.20. The van der Waals surface area contributed by atoms with Gasteiger partial charge < -0.3 is 5.32 Å². The van der Waals surface area contributed by atoms with Crippen LogP contribution in [-0.2, 0) is 20.4 Å². The molecule has 1 aromatic carbocycles. The molecule has 3 amide bonds. The summed E-state index contributed by atoms with van der Waals surface area (Å²) in [7, 11) is -3.80. The lowest BCUT2D eigenvalue weighted by Gasteiger charge is -2.26. The number of nitrogens with two attached hydrogens (primary N) is 1. The zero-order chi connectivity index (χ0) is 18.2. The molecular formula is C17H23N3O4S. The third-order valence-corrected chi connectivity index (χ3v) is 6.13. The van der Waals surface area contributed by atoms with Gasteiger partial charge in [0.1, 0.15) is 5.54 Å². The maximum Gasteiger partial charge on any atom is 0.325 e. The van der Waals surface area contributed by atoms with E-state index in [1.807, 2.05) is 0 Å². The molecule has 2 fully saturated rings. The molecule has 0 unspecified atom stereocenters. The lowest BCUT2D eigenvalue weighted by Crippen LogP contribution is -2.41. The molecule has 2 aliphatic rings. The van der Waals surface area contributed by atoms with Crippen LogP contribution in [0, 0.1) is 5.92 Å². The van der Waals surface area contributed by atoms with E-state index >= 15 is 0 Å². The van der Waals surface area contributed by atoms with Crippen molar-refractivity contribution in [2.75, 3.05) is 6.54 Å². The van der Waals surface area contributed by atoms with Crippen LogP contribution in [0.3, 0.4) is 0 Å². The summed E-state index contributed by atoms with van der Waals surface area (Å²) in [5.41, 5.74) is -0.660. The van der Waals surface area contributed by atoms with Crippen molar-refractivity contribution in [3.8, 4) is 0 Å². The molecule has 3 rings (SSSR count). The number of sulfonamides is 1. The quantitative estimate of drug-likeness (QED) is 0.791. The highest BCUT2D eigenvalue weighted by molar-refractivity contribution is 7.89. The van der Waals surface area contributed by atoms with Crippen LogP contribution in [-0.4, -0.2) is 31.8 Å². The number of imide groups is 1. The highest BCUT2D eigenvalue weighted by Gasteiger charge is 2.49. The lowest BCUT2D eigenvalue weighted by molar-refractivity contribution is -0.131. The van der Waals surface area contributed by atoms with E-state index < -0.39 is 21.6 Å². The van der Waals surface area contributed by atoms with Crippen LogP contribution < -0.4 is 10.5 Å². The van der Waals surface area contributed by atoms with Crippen LogP contribution in [0.25, 0.3) is 0 Å². The van der Waals surface area contributed by atoms with E-state index in [-0.39, 0.29) is 10.8 Å². The van der Waals surface area contributed by atoms with Crippen molar-refractivity contribution in [3.63, 3.8) is 0 Å². The van der Waals surface area contributed by atoms with E-state index in [4.69, 9.17) is 5.14 Å². The van der Waals surface area contributed by atoms with Gasteiger partial charge in [-0.15, -0.1) is 0 Å². The zero-order valence-corrected chi connectivity index (χ0v) is 15.0. The summed E-state index contributed by atoms with van der Waals surface area (Å²) < 4.78 is 22.7. The fourth-order valence-electron chi connectivity index (χ4n) is 3.66. The van der Waals surface area contributed by atoms with Crippen molar-refractivity contribution in [1.82, 2.24) is 10.2 Å². The summed E-state index contributed by atoms with van der Waals surface area (Å²) >= 11 is 0. The Hall–Kier alpha value is -1.93. The number of carbonyl (C=O) groups excluding carboxylic acids is 2. The fourth-order valence-corrected chi connectivity index (χ4v) is 4.18. The first-order chi connectivity index (χ1) is 11.7. The van der Waals surface area contributed by atoms with E-state index in [0.29, 0.717) is 18.0 Å². The van der Waals surface area contributed by atoms with Gasteiger partial charge in [0.05, 0.1) is 4.90 Å². The van der Waals surface area contributed by atoms with Crippen LogP contribution in [0.15, 0.2) is 29.2 Å². The highest BCUT2D eigenvalue weighted by Crippen LogP contribution is 2.32. The number of benzene rings is 1. The van der Waals surface area contributed by atoms with E-state index in [2.05, 4.69) is 5.32 Å². The summed E-state index contributed by atoms with van der Waals surface area (Å²) in [6.45, 7) is 2.08. The molecule has 0 bridgehead atoms. The summed E-state index contributed by atoms with van der Waals surface area (Å²) in [6.07, 6.45) is 5.57. The van der Waals surface area contributed by atoms with Crippen molar-refractivity contribution < 1.29 is 18.0 Å². The van der Waals surface area contributed by atoms with Crippen LogP contribution >= 0.6 is 0 Å². The Morgan fingerprint density at radius 2 is 1.76 bits per heavy atom. The number of hydrogen-bond acceptors (Lipinski definition) is 4. The summed E-state index contributed by atoms with van der Waals surface area (Å²) in [5, 5.41) is 7.85. The average Bonchev–Trinajstić information content (AvgIpc) is 2.79. The van der Waals surface area contributed by atoms with Gasteiger partial charge in [-0.3, -0.25) is 9.69 Å². The fraction of sp³-hybridized carbons (Fsp3) is 0.529. The molecule has 136 valence electrons. The Morgan fingerprint density at radius 1 is 1.16 bits per heavy atom. The summed E-state index contributed by atoms with van der Waals surface area (Å²) in [5.74, 6) is 0.0574. The average molecular weight is 365 g/mol. The molecule has 0 radical (unpaired) electrons. The van der Waals surface area contributed by atoms with E-state index in [1.54, 1.807) is 6.92 Å². The Morgan fingerprint density at radius 3 is 2.32 bits per heavy atom. The minimum Gasteiger partial charge on any atom is -0.319 e. The maximum absolute atomic E-state index is 12.9. The first kappa shape index (κ1) is 17.9. The molecule has 25 heavy (non-hydrogen) atoms. The van der Waals surface area contributed by atoms with Crippen molar-refractivity contribution in [3.05, 3.63) is 29.8 Å². The minimum absolute atomic E-state index is 0.0318. The molecule has 1 saturated carbocycles. The molecule has 7 nitrogen and oxygen atoms in total. The molecule has 3 N–H and O–H groups in total. The number of nitrogens with zero attached hydrogens (tertiary/aromatic N) is 1. The predicted octanol–water partition coefficient (Wildman–Crippen LogP) is 1.68. The monoisotopic (exact) mass is 365 g/mol. The van der Waals surface area contributed by atoms with Crippen molar-refractivity contribution >= 4 is 22.0 Å². The van der Waals surface area contributed by atoms with Gasteiger partial charge in [0.25, 0.3) is 5.91 Å². The second-order valence-corrected chi connectivity index (χ2v) is 8.61. The maximum atomic E-state index is 12.9. The van der Waals surface area contributed by atoms with E-state index in [9.17, 15) is 18.0 Å². The Bertz CT molecular complexity index is 785. The summed E-state index contributed by atoms with van der Waals surface area (Å²) in [4.78, 5) is 26.5. The predicted molar refractivity (Wildman–Crippen MR) is 92.0 cm³/mol. The van der Waals surface area contributed by atoms with Crippen LogP contribution in [0.1, 0.15) is 44.6 Å². The number of carbonyl (C=O) groups is 2. The minimum atomic E-state index is -3.80. The number of amides is 3. The molecule has 1 atom stereocenters. The van der Waals surface area contributed by atoms with Gasteiger partial charge in [-0.2, -0.15) is 0 Å². The van der Waals surface area contributed by atoms with Crippen LogP contribution in [0.5, 0.6) is 0 Å². The zero-order valence-electron chi connectivity index (χ0n) is 14.2.